The standard InChI is InChI=1S/C18H20N2O2/c1-18(2,3)15-9-7-13(8-10-15)12-19-20-17(22)14-5-4-6-16(21)11-14/h4-12,21H,1-3H3,(H,20,22)/b19-12+. The molecule has 0 atom stereocenters. The lowest BCUT2D eigenvalue weighted by Crippen LogP contribution is -2.17. The first-order chi connectivity index (χ1) is 10.4. The number of nitrogens with one attached hydrogen (secondary N) is 1. The largest absolute Gasteiger partial charge is 0.508 e. The number of nitrogens with zero attached hydrogens (tertiary/aromatic N) is 1. The number of rotatable bonds is 3. The van der Waals surface area contributed by atoms with Crippen molar-refractivity contribution >= 4 is 12.1 Å². The number of carbonyl (C=O) groups is 1. The summed E-state index contributed by atoms with van der Waals surface area (Å²) in [6, 6.07) is 14.2. The quantitative estimate of drug-likeness (QED) is 0.673. The van der Waals surface area contributed by atoms with E-state index in [9.17, 15) is 9.90 Å². The van der Waals surface area contributed by atoms with Crippen molar-refractivity contribution in [1.29, 1.82) is 0 Å². The topological polar surface area (TPSA) is 61.7 Å². The van der Waals surface area contributed by atoms with Gasteiger partial charge in [0.15, 0.2) is 0 Å². The highest BCUT2D eigenvalue weighted by molar-refractivity contribution is 5.95. The third kappa shape index (κ3) is 4.19. The van der Waals surface area contributed by atoms with E-state index in [2.05, 4.69) is 43.4 Å². The van der Waals surface area contributed by atoms with Gasteiger partial charge in [-0.3, -0.25) is 4.79 Å². The van der Waals surface area contributed by atoms with Gasteiger partial charge in [0.2, 0.25) is 0 Å². The third-order valence-electron chi connectivity index (χ3n) is 3.26. The minimum atomic E-state index is -0.363. The van der Waals surface area contributed by atoms with Gasteiger partial charge < -0.3 is 5.11 Å². The number of amides is 1. The van der Waals surface area contributed by atoms with Gasteiger partial charge >= 0.3 is 0 Å². The lowest BCUT2D eigenvalue weighted by atomic mass is 9.87. The van der Waals surface area contributed by atoms with Gasteiger partial charge in [-0.25, -0.2) is 5.43 Å². The van der Waals surface area contributed by atoms with Crippen molar-refractivity contribution in [2.24, 2.45) is 5.10 Å². The molecule has 114 valence electrons. The van der Waals surface area contributed by atoms with E-state index in [4.69, 9.17) is 0 Å². The van der Waals surface area contributed by atoms with Gasteiger partial charge in [-0.15, -0.1) is 0 Å². The van der Waals surface area contributed by atoms with Crippen LogP contribution in [-0.2, 0) is 5.41 Å². The lowest BCUT2D eigenvalue weighted by Gasteiger charge is -2.18. The molecule has 2 aromatic carbocycles. The number of benzene rings is 2. The Morgan fingerprint density at radius 3 is 2.41 bits per heavy atom. The van der Waals surface area contributed by atoms with Gasteiger partial charge in [-0.05, 0) is 34.7 Å². The molecule has 1 amide bonds. The maximum atomic E-state index is 11.8. The summed E-state index contributed by atoms with van der Waals surface area (Å²) in [6.07, 6.45) is 1.59. The van der Waals surface area contributed by atoms with Crippen molar-refractivity contribution in [3.63, 3.8) is 0 Å². The highest BCUT2D eigenvalue weighted by Gasteiger charge is 2.12. The second-order valence-corrected chi connectivity index (χ2v) is 6.12. The number of phenolic OH excluding ortho intramolecular Hbond substituents is 1. The molecule has 0 fully saturated rings. The van der Waals surface area contributed by atoms with E-state index in [0.717, 1.165) is 5.56 Å². The van der Waals surface area contributed by atoms with Crippen LogP contribution in [0.25, 0.3) is 0 Å². The molecule has 4 heteroatoms. The molecule has 0 aliphatic heterocycles. The minimum Gasteiger partial charge on any atom is -0.508 e. The Morgan fingerprint density at radius 2 is 1.82 bits per heavy atom. The molecular weight excluding hydrogens is 276 g/mol. The van der Waals surface area contributed by atoms with E-state index < -0.39 is 0 Å². The first-order valence-corrected chi connectivity index (χ1v) is 7.09. The fraction of sp³-hybridized carbons (Fsp3) is 0.222. The molecule has 0 unspecified atom stereocenters. The number of carbonyl (C=O) groups excluding carboxylic acids is 1. The molecule has 0 radical (unpaired) electrons. The minimum absolute atomic E-state index is 0.0504. The molecule has 0 aliphatic rings. The zero-order chi connectivity index (χ0) is 16.2. The van der Waals surface area contributed by atoms with E-state index in [1.807, 2.05) is 12.1 Å². The molecule has 22 heavy (non-hydrogen) atoms. The van der Waals surface area contributed by atoms with E-state index in [1.54, 1.807) is 18.3 Å². The third-order valence-corrected chi connectivity index (χ3v) is 3.26. The Morgan fingerprint density at radius 1 is 1.14 bits per heavy atom. The summed E-state index contributed by atoms with van der Waals surface area (Å²) in [5.41, 5.74) is 5.06. The zero-order valence-electron chi connectivity index (χ0n) is 13.0. The fourth-order valence-corrected chi connectivity index (χ4v) is 1.95. The SMILES string of the molecule is CC(C)(C)c1ccc(/C=N/NC(=O)c2cccc(O)c2)cc1. The van der Waals surface area contributed by atoms with Crippen LogP contribution in [0.5, 0.6) is 5.75 Å². The first-order valence-electron chi connectivity index (χ1n) is 7.09. The summed E-state index contributed by atoms with van der Waals surface area (Å²) in [5, 5.41) is 13.3. The van der Waals surface area contributed by atoms with Crippen LogP contribution in [0, 0.1) is 0 Å². The highest BCUT2D eigenvalue weighted by atomic mass is 16.3. The van der Waals surface area contributed by atoms with Gasteiger partial charge in [-0.1, -0.05) is 51.1 Å². The predicted octanol–water partition coefficient (Wildman–Crippen LogP) is 3.45. The van der Waals surface area contributed by atoms with Gasteiger partial charge in [0.25, 0.3) is 5.91 Å². The van der Waals surface area contributed by atoms with Crippen LogP contribution in [0.1, 0.15) is 42.3 Å². The molecule has 0 aliphatic carbocycles. The normalized spacial score (nSPS) is 11.6. The molecule has 2 rings (SSSR count). The van der Waals surface area contributed by atoms with Crippen LogP contribution < -0.4 is 5.43 Å². The molecule has 0 bridgehead atoms. The summed E-state index contributed by atoms with van der Waals surface area (Å²) in [4.78, 5) is 11.8. The van der Waals surface area contributed by atoms with Crippen LogP contribution in [0.3, 0.4) is 0 Å². The Bertz CT molecular complexity index is 683. The fourth-order valence-electron chi connectivity index (χ4n) is 1.95. The zero-order valence-corrected chi connectivity index (χ0v) is 13.0. The van der Waals surface area contributed by atoms with Gasteiger partial charge in [-0.2, -0.15) is 5.10 Å². The van der Waals surface area contributed by atoms with Crippen molar-refractivity contribution in [1.82, 2.24) is 5.43 Å². The van der Waals surface area contributed by atoms with Crippen LogP contribution in [0.4, 0.5) is 0 Å². The maximum absolute atomic E-state index is 11.8. The van der Waals surface area contributed by atoms with Crippen molar-refractivity contribution in [3.05, 3.63) is 65.2 Å². The molecule has 0 saturated heterocycles. The Hall–Kier alpha value is -2.62. The van der Waals surface area contributed by atoms with Crippen LogP contribution >= 0.6 is 0 Å². The Balaban J connectivity index is 1.99. The molecule has 4 nitrogen and oxygen atoms in total. The molecule has 0 spiro atoms. The second-order valence-electron chi connectivity index (χ2n) is 6.12. The van der Waals surface area contributed by atoms with Crippen LogP contribution in [0.15, 0.2) is 53.6 Å². The Labute approximate surface area is 130 Å². The Kier molecular flexibility index (Phi) is 4.61. The second kappa shape index (κ2) is 6.43. The van der Waals surface area contributed by atoms with Crippen molar-refractivity contribution in [3.8, 4) is 5.75 Å². The summed E-state index contributed by atoms with van der Waals surface area (Å²) >= 11 is 0. The highest BCUT2D eigenvalue weighted by Crippen LogP contribution is 2.21. The van der Waals surface area contributed by atoms with Gasteiger partial charge in [0.05, 0.1) is 6.21 Å². The summed E-state index contributed by atoms with van der Waals surface area (Å²) < 4.78 is 0. The maximum Gasteiger partial charge on any atom is 0.271 e. The smallest absolute Gasteiger partial charge is 0.271 e. The van der Waals surface area contributed by atoms with E-state index >= 15 is 0 Å². The lowest BCUT2D eigenvalue weighted by molar-refractivity contribution is 0.0954. The average Bonchev–Trinajstić information content (AvgIpc) is 2.47. The summed E-state index contributed by atoms with van der Waals surface area (Å²) in [5.74, 6) is -0.312. The number of aromatic hydroxyl groups is 1. The van der Waals surface area contributed by atoms with Gasteiger partial charge in [0.1, 0.15) is 5.75 Å². The monoisotopic (exact) mass is 296 g/mol. The van der Waals surface area contributed by atoms with Crippen molar-refractivity contribution in [2.75, 3.05) is 0 Å². The summed E-state index contributed by atoms with van der Waals surface area (Å²) in [7, 11) is 0. The predicted molar refractivity (Wildman–Crippen MR) is 88.3 cm³/mol. The van der Waals surface area contributed by atoms with E-state index in [0.29, 0.717) is 5.56 Å². The molecule has 0 aromatic heterocycles. The first kappa shape index (κ1) is 15.8. The molecule has 0 saturated carbocycles. The molecule has 2 N–H and O–H groups in total. The molecular formula is C18H20N2O2. The molecule has 0 heterocycles. The average molecular weight is 296 g/mol. The van der Waals surface area contributed by atoms with Gasteiger partial charge in [0, 0.05) is 5.56 Å². The summed E-state index contributed by atoms with van der Waals surface area (Å²) in [6.45, 7) is 6.47. The van der Waals surface area contributed by atoms with E-state index in [1.165, 1.54) is 17.7 Å². The number of phenols is 1. The number of hydrogen-bond acceptors (Lipinski definition) is 3. The number of hydrazone groups is 1. The van der Waals surface area contributed by atoms with E-state index in [-0.39, 0.29) is 17.1 Å². The molecule has 2 aromatic rings. The van der Waals surface area contributed by atoms with Crippen molar-refractivity contribution < 1.29 is 9.90 Å². The van der Waals surface area contributed by atoms with Crippen molar-refractivity contribution in [2.45, 2.75) is 26.2 Å². The van der Waals surface area contributed by atoms with Crippen LogP contribution in [0.2, 0.25) is 0 Å². The van der Waals surface area contributed by atoms with Crippen LogP contribution in [-0.4, -0.2) is 17.2 Å². The number of hydrogen-bond donors (Lipinski definition) is 2.